The third-order valence-corrected chi connectivity index (χ3v) is 7.96. The molecule has 32 heavy (non-hydrogen) atoms. The van der Waals surface area contributed by atoms with Crippen LogP contribution in [0.5, 0.6) is 0 Å². The van der Waals surface area contributed by atoms with Crippen LogP contribution in [0.2, 0.25) is 0 Å². The highest BCUT2D eigenvalue weighted by Gasteiger charge is 2.27. The Balaban J connectivity index is 1.61. The summed E-state index contributed by atoms with van der Waals surface area (Å²) in [5, 5.41) is 2.85. The van der Waals surface area contributed by atoms with E-state index in [0.717, 1.165) is 39.3 Å². The van der Waals surface area contributed by atoms with E-state index >= 15 is 0 Å². The Kier molecular flexibility index (Phi) is 8.42. The summed E-state index contributed by atoms with van der Waals surface area (Å²) in [6.07, 6.45) is 0. The van der Waals surface area contributed by atoms with E-state index in [2.05, 4.69) is 35.9 Å². The number of piperazine rings is 1. The maximum Gasteiger partial charge on any atom is 0.255 e. The maximum atomic E-state index is 12.9. The van der Waals surface area contributed by atoms with Crippen molar-refractivity contribution in [3.8, 4) is 0 Å². The van der Waals surface area contributed by atoms with E-state index in [1.807, 2.05) is 24.3 Å². The molecule has 0 radical (unpaired) electrons. The molecule has 7 nitrogen and oxygen atoms in total. The number of hydrogen-bond donors (Lipinski definition) is 1. The summed E-state index contributed by atoms with van der Waals surface area (Å²) in [4.78, 5) is 17.4. The molecule has 0 aliphatic carbocycles. The summed E-state index contributed by atoms with van der Waals surface area (Å²) >= 11 is 0. The summed E-state index contributed by atoms with van der Waals surface area (Å²) in [5.41, 5.74) is 2.30. The van der Waals surface area contributed by atoms with E-state index in [4.69, 9.17) is 0 Å². The van der Waals surface area contributed by atoms with Gasteiger partial charge in [0.25, 0.3) is 5.91 Å². The van der Waals surface area contributed by atoms with E-state index < -0.39 is 10.0 Å². The number of sulfonamides is 1. The van der Waals surface area contributed by atoms with Gasteiger partial charge in [-0.25, -0.2) is 8.42 Å². The molecule has 3 rings (SSSR count). The molecule has 0 bridgehead atoms. The predicted molar refractivity (Wildman–Crippen MR) is 128 cm³/mol. The molecule has 0 spiro atoms. The van der Waals surface area contributed by atoms with Gasteiger partial charge < -0.3 is 10.2 Å². The topological polar surface area (TPSA) is 73.0 Å². The van der Waals surface area contributed by atoms with Crippen LogP contribution in [0.4, 0.5) is 5.69 Å². The van der Waals surface area contributed by atoms with Gasteiger partial charge in [-0.1, -0.05) is 32.9 Å². The van der Waals surface area contributed by atoms with Gasteiger partial charge in [0.05, 0.1) is 4.90 Å². The average molecular weight is 459 g/mol. The van der Waals surface area contributed by atoms with E-state index in [0.29, 0.717) is 24.3 Å². The van der Waals surface area contributed by atoms with Gasteiger partial charge in [-0.3, -0.25) is 9.69 Å². The number of hydrogen-bond acceptors (Lipinski definition) is 5. The van der Waals surface area contributed by atoms with Gasteiger partial charge in [0.1, 0.15) is 0 Å². The van der Waals surface area contributed by atoms with Crippen LogP contribution in [-0.4, -0.2) is 74.2 Å². The Bertz CT molecular complexity index is 979. The van der Waals surface area contributed by atoms with Crippen LogP contribution in [-0.2, 0) is 16.6 Å². The Morgan fingerprint density at radius 1 is 0.906 bits per heavy atom. The quantitative estimate of drug-likeness (QED) is 0.625. The van der Waals surface area contributed by atoms with E-state index in [9.17, 15) is 13.2 Å². The number of carbonyl (C=O) groups excluding carboxylic acids is 1. The molecule has 0 atom stereocenters. The molecule has 1 N–H and O–H groups in total. The average Bonchev–Trinajstić information content (AvgIpc) is 2.83. The Labute approximate surface area is 192 Å². The summed E-state index contributed by atoms with van der Waals surface area (Å²) in [5.74, 6) is -0.217. The minimum Gasteiger partial charge on any atom is -0.322 e. The zero-order valence-corrected chi connectivity index (χ0v) is 20.1. The normalized spacial score (nSPS) is 15.8. The molecule has 8 heteroatoms. The second-order valence-corrected chi connectivity index (χ2v) is 9.91. The van der Waals surface area contributed by atoms with Gasteiger partial charge in [0, 0.05) is 44.0 Å². The first-order chi connectivity index (χ1) is 15.4. The Hall–Kier alpha value is -2.26. The molecule has 1 fully saturated rings. The lowest BCUT2D eigenvalue weighted by atomic mass is 10.1. The zero-order valence-electron chi connectivity index (χ0n) is 19.3. The second-order valence-electron chi connectivity index (χ2n) is 7.98. The molecule has 0 saturated carbocycles. The number of likely N-dealkylation sites (N-methyl/N-ethyl adjacent to an activating group) is 1. The number of nitrogens with zero attached hydrogens (tertiary/aromatic N) is 3. The Morgan fingerprint density at radius 2 is 1.50 bits per heavy atom. The molecular formula is C24H34N4O3S. The highest BCUT2D eigenvalue weighted by Crippen LogP contribution is 2.20. The monoisotopic (exact) mass is 458 g/mol. The summed E-state index contributed by atoms with van der Waals surface area (Å²) in [6.45, 7) is 12.6. The number of anilines is 1. The van der Waals surface area contributed by atoms with Crippen LogP contribution < -0.4 is 5.32 Å². The summed E-state index contributed by atoms with van der Waals surface area (Å²) in [7, 11) is -3.52. The lowest BCUT2D eigenvalue weighted by molar-refractivity contribution is 0.102. The van der Waals surface area contributed by atoms with Crippen molar-refractivity contribution in [2.24, 2.45) is 0 Å². The SMILES string of the molecule is CCN1CCN(S(=O)(=O)c2ccc(NC(=O)c3ccc(CN(CC)CC)cc3)cc2)CC1. The van der Waals surface area contributed by atoms with Crippen molar-refractivity contribution >= 4 is 21.6 Å². The fraction of sp³-hybridized carbons (Fsp3) is 0.458. The predicted octanol–water partition coefficient (Wildman–Crippen LogP) is 3.11. The first kappa shape index (κ1) is 24.4. The fourth-order valence-electron chi connectivity index (χ4n) is 3.82. The van der Waals surface area contributed by atoms with E-state index in [1.165, 1.54) is 9.87 Å². The minimum atomic E-state index is -3.52. The highest BCUT2D eigenvalue weighted by molar-refractivity contribution is 7.89. The molecule has 1 saturated heterocycles. The first-order valence-electron chi connectivity index (χ1n) is 11.3. The lowest BCUT2D eigenvalue weighted by Crippen LogP contribution is -2.48. The third-order valence-electron chi connectivity index (χ3n) is 6.05. The second kappa shape index (κ2) is 11.0. The lowest BCUT2D eigenvalue weighted by Gasteiger charge is -2.33. The smallest absolute Gasteiger partial charge is 0.255 e. The molecule has 0 aromatic heterocycles. The van der Waals surface area contributed by atoms with Gasteiger partial charge in [-0.15, -0.1) is 0 Å². The fourth-order valence-corrected chi connectivity index (χ4v) is 5.24. The van der Waals surface area contributed by atoms with Crippen LogP contribution in [0.1, 0.15) is 36.7 Å². The minimum absolute atomic E-state index is 0.217. The molecule has 1 aliphatic heterocycles. The highest BCUT2D eigenvalue weighted by atomic mass is 32.2. The van der Waals surface area contributed by atoms with Crippen LogP contribution >= 0.6 is 0 Å². The summed E-state index contributed by atoms with van der Waals surface area (Å²) < 4.78 is 27.3. The van der Waals surface area contributed by atoms with Crippen molar-refractivity contribution in [1.82, 2.24) is 14.1 Å². The molecule has 174 valence electrons. The van der Waals surface area contributed by atoms with Crippen molar-refractivity contribution in [3.05, 3.63) is 59.7 Å². The van der Waals surface area contributed by atoms with Gasteiger partial charge in [-0.2, -0.15) is 4.31 Å². The zero-order chi connectivity index (χ0) is 23.1. The van der Waals surface area contributed by atoms with Crippen LogP contribution in [0.3, 0.4) is 0 Å². The number of nitrogens with one attached hydrogen (secondary N) is 1. The molecule has 1 aliphatic rings. The molecule has 1 amide bonds. The molecular weight excluding hydrogens is 424 g/mol. The molecule has 1 heterocycles. The third kappa shape index (κ3) is 5.95. The van der Waals surface area contributed by atoms with Crippen LogP contribution in [0, 0.1) is 0 Å². The van der Waals surface area contributed by atoms with Gasteiger partial charge in [-0.05, 0) is 61.6 Å². The molecule has 2 aromatic carbocycles. The van der Waals surface area contributed by atoms with Crippen molar-refractivity contribution in [1.29, 1.82) is 0 Å². The van der Waals surface area contributed by atoms with Crippen LogP contribution in [0.25, 0.3) is 0 Å². The van der Waals surface area contributed by atoms with E-state index in [1.54, 1.807) is 24.3 Å². The van der Waals surface area contributed by atoms with Crippen molar-refractivity contribution in [3.63, 3.8) is 0 Å². The van der Waals surface area contributed by atoms with Crippen molar-refractivity contribution in [2.45, 2.75) is 32.2 Å². The van der Waals surface area contributed by atoms with Gasteiger partial charge in [0.2, 0.25) is 10.0 Å². The summed E-state index contributed by atoms with van der Waals surface area (Å²) in [6, 6.07) is 14.0. The Morgan fingerprint density at radius 3 is 2.03 bits per heavy atom. The number of amides is 1. The van der Waals surface area contributed by atoms with Crippen molar-refractivity contribution < 1.29 is 13.2 Å². The molecule has 0 unspecified atom stereocenters. The van der Waals surface area contributed by atoms with Gasteiger partial charge in [0.15, 0.2) is 0 Å². The van der Waals surface area contributed by atoms with Crippen LogP contribution in [0.15, 0.2) is 53.4 Å². The van der Waals surface area contributed by atoms with E-state index in [-0.39, 0.29) is 10.8 Å². The number of benzene rings is 2. The van der Waals surface area contributed by atoms with Crippen molar-refractivity contribution in [2.75, 3.05) is 51.1 Å². The first-order valence-corrected chi connectivity index (χ1v) is 12.8. The largest absolute Gasteiger partial charge is 0.322 e. The van der Waals surface area contributed by atoms with Gasteiger partial charge >= 0.3 is 0 Å². The maximum absolute atomic E-state index is 12.9. The standard InChI is InChI=1S/C24H34N4O3S/c1-4-26(5-2)19-20-7-9-21(10-8-20)24(29)25-22-11-13-23(14-12-22)32(30,31)28-17-15-27(6-3)16-18-28/h7-14H,4-6,15-19H2,1-3H3,(H,25,29). The number of carbonyl (C=O) groups is 1. The number of rotatable bonds is 9. The molecule has 2 aromatic rings.